The van der Waals surface area contributed by atoms with Gasteiger partial charge in [0.25, 0.3) is 0 Å². The van der Waals surface area contributed by atoms with E-state index in [0.717, 1.165) is 6.26 Å². The van der Waals surface area contributed by atoms with E-state index in [2.05, 4.69) is 25.6 Å². The molecule has 0 atom stereocenters. The molecule has 0 aliphatic heterocycles. The second-order valence-corrected chi connectivity index (χ2v) is 6.64. The summed E-state index contributed by atoms with van der Waals surface area (Å²) in [7, 11) is -3.33. The van der Waals surface area contributed by atoms with Crippen LogP contribution in [0.1, 0.15) is 10.6 Å². The molecule has 100 valence electrons. The van der Waals surface area contributed by atoms with E-state index in [9.17, 15) is 13.2 Å². The maximum atomic E-state index is 11.5. The van der Waals surface area contributed by atoms with Crippen LogP contribution in [-0.4, -0.2) is 30.9 Å². The van der Waals surface area contributed by atoms with E-state index in [-0.39, 0.29) is 10.7 Å². The summed E-state index contributed by atoms with van der Waals surface area (Å²) < 4.78 is 27.9. The molecule has 0 aliphatic carbocycles. The zero-order chi connectivity index (χ0) is 14.2. The summed E-state index contributed by atoms with van der Waals surface area (Å²) in [6.45, 7) is 0. The van der Waals surface area contributed by atoms with Crippen molar-refractivity contribution in [3.05, 3.63) is 34.5 Å². The number of hydrogen-bond donors (Lipinski definition) is 1. The molecule has 0 saturated carbocycles. The number of aromatic nitrogens is 1. The van der Waals surface area contributed by atoms with E-state index >= 15 is 0 Å². The number of benzene rings is 1. The summed E-state index contributed by atoms with van der Waals surface area (Å²) in [4.78, 5) is 10.8. The Labute approximate surface area is 117 Å². The molecule has 1 heterocycles. The molecule has 19 heavy (non-hydrogen) atoms. The van der Waals surface area contributed by atoms with Gasteiger partial charge in [-0.25, -0.2) is 13.2 Å². The third kappa shape index (κ3) is 2.85. The highest BCUT2D eigenvalue weighted by atomic mass is 79.9. The lowest BCUT2D eigenvalue weighted by atomic mass is 10.1. The van der Waals surface area contributed by atoms with Crippen molar-refractivity contribution in [1.82, 2.24) is 5.16 Å². The largest absolute Gasteiger partial charge is 0.475 e. The maximum absolute atomic E-state index is 11.5. The molecule has 0 unspecified atom stereocenters. The molecule has 8 heteroatoms. The summed E-state index contributed by atoms with van der Waals surface area (Å²) in [6, 6.07) is 5.76. The molecule has 0 spiro atoms. The van der Waals surface area contributed by atoms with Crippen molar-refractivity contribution in [2.75, 3.05) is 6.26 Å². The monoisotopic (exact) mass is 345 g/mol. The molecular formula is C11H8BrNO5S. The number of rotatable bonds is 3. The van der Waals surface area contributed by atoms with Gasteiger partial charge in [-0.15, -0.1) is 0 Å². The number of sulfone groups is 1. The van der Waals surface area contributed by atoms with Crippen molar-refractivity contribution in [3.63, 3.8) is 0 Å². The van der Waals surface area contributed by atoms with Crippen molar-refractivity contribution in [3.8, 4) is 11.3 Å². The van der Waals surface area contributed by atoms with E-state index in [4.69, 9.17) is 5.11 Å². The van der Waals surface area contributed by atoms with Gasteiger partial charge in [-0.05, 0) is 28.1 Å². The number of carbonyl (C=O) groups is 1. The van der Waals surface area contributed by atoms with Crippen LogP contribution in [0.5, 0.6) is 0 Å². The lowest BCUT2D eigenvalue weighted by Gasteiger charge is -2.03. The predicted octanol–water partition coefficient (Wildman–Crippen LogP) is 2.21. The molecule has 0 radical (unpaired) electrons. The van der Waals surface area contributed by atoms with Gasteiger partial charge in [0.05, 0.1) is 4.90 Å². The average Bonchev–Trinajstić information content (AvgIpc) is 2.76. The highest BCUT2D eigenvalue weighted by Gasteiger charge is 2.16. The molecule has 1 aromatic carbocycles. The molecule has 0 saturated heterocycles. The molecular weight excluding hydrogens is 338 g/mol. The van der Waals surface area contributed by atoms with Gasteiger partial charge in [-0.3, -0.25) is 0 Å². The van der Waals surface area contributed by atoms with Gasteiger partial charge in [-0.1, -0.05) is 11.2 Å². The van der Waals surface area contributed by atoms with Crippen molar-refractivity contribution in [1.29, 1.82) is 0 Å². The van der Waals surface area contributed by atoms with Crippen LogP contribution in [0.15, 0.2) is 38.2 Å². The minimum atomic E-state index is -3.33. The SMILES string of the molecule is CS(=O)(=O)c1ccc(-c2cc(C(=O)O)on2)cc1Br. The fourth-order valence-corrected chi connectivity index (χ4v) is 3.46. The Balaban J connectivity index is 2.47. The molecule has 0 aliphatic rings. The van der Waals surface area contributed by atoms with Crippen LogP contribution in [0.4, 0.5) is 0 Å². The molecule has 2 rings (SSSR count). The Morgan fingerprint density at radius 3 is 2.53 bits per heavy atom. The Morgan fingerprint density at radius 1 is 1.37 bits per heavy atom. The number of halogens is 1. The summed E-state index contributed by atoms with van der Waals surface area (Å²) in [5.74, 6) is -1.50. The number of carboxylic acid groups (broad SMARTS) is 1. The summed E-state index contributed by atoms with van der Waals surface area (Å²) >= 11 is 3.16. The third-order valence-electron chi connectivity index (χ3n) is 2.35. The molecule has 6 nitrogen and oxygen atoms in total. The molecule has 2 aromatic rings. The van der Waals surface area contributed by atoms with Crippen LogP contribution in [0, 0.1) is 0 Å². The Hall–Kier alpha value is -1.67. The van der Waals surface area contributed by atoms with Gasteiger partial charge in [0.15, 0.2) is 9.84 Å². The standard InChI is InChI=1S/C11H8BrNO5S/c1-19(16,17)10-3-2-6(4-7(10)12)8-5-9(11(14)15)18-13-8/h2-5H,1H3,(H,14,15). The summed E-state index contributed by atoms with van der Waals surface area (Å²) in [5.41, 5.74) is 0.869. The van der Waals surface area contributed by atoms with Gasteiger partial charge in [0.1, 0.15) is 5.69 Å². The molecule has 1 aromatic heterocycles. The number of carboxylic acids is 1. The van der Waals surface area contributed by atoms with Crippen LogP contribution in [-0.2, 0) is 9.84 Å². The second-order valence-electron chi connectivity index (χ2n) is 3.80. The highest BCUT2D eigenvalue weighted by Crippen LogP contribution is 2.28. The minimum absolute atomic E-state index is 0.151. The van der Waals surface area contributed by atoms with E-state index in [0.29, 0.717) is 15.7 Å². The number of nitrogens with zero attached hydrogens (tertiary/aromatic N) is 1. The first-order chi connectivity index (χ1) is 8.79. The van der Waals surface area contributed by atoms with Crippen molar-refractivity contribution in [2.45, 2.75) is 4.90 Å². The van der Waals surface area contributed by atoms with Gasteiger partial charge >= 0.3 is 5.97 Å². The van der Waals surface area contributed by atoms with Crippen LogP contribution < -0.4 is 0 Å². The van der Waals surface area contributed by atoms with E-state index < -0.39 is 15.8 Å². The topological polar surface area (TPSA) is 97.5 Å². The predicted molar refractivity (Wildman–Crippen MR) is 69.7 cm³/mol. The maximum Gasteiger partial charge on any atom is 0.374 e. The van der Waals surface area contributed by atoms with Gasteiger partial charge in [0, 0.05) is 22.4 Å². The summed E-state index contributed by atoms with van der Waals surface area (Å²) in [5, 5.41) is 12.3. The van der Waals surface area contributed by atoms with E-state index in [1.54, 1.807) is 6.07 Å². The average molecular weight is 346 g/mol. The number of aromatic carboxylic acids is 1. The first kappa shape index (κ1) is 13.8. The first-order valence-electron chi connectivity index (χ1n) is 4.99. The smallest absolute Gasteiger partial charge is 0.374 e. The Bertz CT molecular complexity index is 750. The van der Waals surface area contributed by atoms with E-state index in [1.165, 1.54) is 18.2 Å². The van der Waals surface area contributed by atoms with Crippen molar-refractivity contribution < 1.29 is 22.8 Å². The molecule has 0 amide bonds. The van der Waals surface area contributed by atoms with Gasteiger partial charge < -0.3 is 9.63 Å². The van der Waals surface area contributed by atoms with Crippen molar-refractivity contribution in [2.24, 2.45) is 0 Å². The zero-order valence-electron chi connectivity index (χ0n) is 9.62. The Kier molecular flexibility index (Phi) is 3.46. The van der Waals surface area contributed by atoms with E-state index in [1.807, 2.05) is 0 Å². The molecule has 0 bridgehead atoms. The van der Waals surface area contributed by atoms with Crippen LogP contribution in [0.25, 0.3) is 11.3 Å². The first-order valence-corrected chi connectivity index (χ1v) is 7.67. The normalized spacial score (nSPS) is 11.5. The van der Waals surface area contributed by atoms with Crippen LogP contribution in [0.3, 0.4) is 0 Å². The highest BCUT2D eigenvalue weighted by molar-refractivity contribution is 9.10. The zero-order valence-corrected chi connectivity index (χ0v) is 12.0. The quantitative estimate of drug-likeness (QED) is 0.915. The summed E-state index contributed by atoms with van der Waals surface area (Å²) in [6.07, 6.45) is 1.10. The molecule has 1 N–H and O–H groups in total. The third-order valence-corrected chi connectivity index (χ3v) is 4.42. The molecule has 0 fully saturated rings. The fraction of sp³-hybridized carbons (Fsp3) is 0.0909. The van der Waals surface area contributed by atoms with Crippen LogP contribution >= 0.6 is 15.9 Å². The van der Waals surface area contributed by atoms with Gasteiger partial charge in [-0.2, -0.15) is 0 Å². The van der Waals surface area contributed by atoms with Gasteiger partial charge in [0.2, 0.25) is 5.76 Å². The lowest BCUT2D eigenvalue weighted by molar-refractivity contribution is 0.0652. The van der Waals surface area contributed by atoms with Crippen LogP contribution in [0.2, 0.25) is 0 Å². The Morgan fingerprint density at radius 2 is 2.05 bits per heavy atom. The lowest BCUT2D eigenvalue weighted by Crippen LogP contribution is -1.98. The fourth-order valence-electron chi connectivity index (χ4n) is 1.47. The number of hydrogen-bond acceptors (Lipinski definition) is 5. The second kappa shape index (κ2) is 4.78. The minimum Gasteiger partial charge on any atom is -0.475 e. The van der Waals surface area contributed by atoms with Crippen molar-refractivity contribution >= 4 is 31.7 Å².